The normalized spacial score (nSPS) is 10.1. The Kier molecular flexibility index (Phi) is 4.81. The van der Waals surface area contributed by atoms with Crippen LogP contribution in [0.15, 0.2) is 41.0 Å². The minimum Gasteiger partial charge on any atom is -0.484 e. The van der Waals surface area contributed by atoms with Crippen molar-refractivity contribution in [3.05, 3.63) is 46.0 Å². The molecule has 104 valence electrons. The van der Waals surface area contributed by atoms with Gasteiger partial charge in [-0.15, -0.1) is 0 Å². The second kappa shape index (κ2) is 6.58. The highest BCUT2D eigenvalue weighted by molar-refractivity contribution is 9.10. The molecule has 7 heteroatoms. The molecule has 1 aromatic carbocycles. The maximum absolute atomic E-state index is 11.7. The van der Waals surface area contributed by atoms with Crippen molar-refractivity contribution < 1.29 is 9.53 Å². The van der Waals surface area contributed by atoms with E-state index in [-0.39, 0.29) is 12.5 Å². The molecule has 2 rings (SSSR count). The monoisotopic (exact) mass is 355 g/mol. The van der Waals surface area contributed by atoms with Crippen molar-refractivity contribution in [2.24, 2.45) is 0 Å². The van der Waals surface area contributed by atoms with Crippen LogP contribution >= 0.6 is 27.5 Å². The van der Waals surface area contributed by atoms with Gasteiger partial charge in [-0.1, -0.05) is 17.7 Å². The first kappa shape index (κ1) is 14.6. The van der Waals surface area contributed by atoms with Gasteiger partial charge in [-0.25, -0.2) is 4.98 Å². The number of carbonyl (C=O) groups is 1. The fraction of sp³-hybridized carbons (Fsp3) is 0.0769. The van der Waals surface area contributed by atoms with Gasteiger partial charge in [0.15, 0.2) is 6.61 Å². The quantitative estimate of drug-likeness (QED) is 0.882. The van der Waals surface area contributed by atoms with E-state index in [4.69, 9.17) is 22.1 Å². The maximum atomic E-state index is 11.7. The van der Waals surface area contributed by atoms with Crippen LogP contribution in [-0.2, 0) is 4.79 Å². The number of rotatable bonds is 4. The van der Waals surface area contributed by atoms with Crippen LogP contribution in [0.3, 0.4) is 0 Å². The van der Waals surface area contributed by atoms with Gasteiger partial charge in [0.05, 0.1) is 16.4 Å². The number of nitrogens with two attached hydrogens (primary N) is 1. The standard InChI is InChI=1S/C13H11BrClN3O2/c14-11-5-9(16)6-17-13(11)18-12(19)7-20-10-3-1-2-8(15)4-10/h1-6H,7,16H2,(H,17,18,19). The second-order valence-electron chi connectivity index (χ2n) is 3.89. The van der Waals surface area contributed by atoms with Gasteiger partial charge in [0.2, 0.25) is 0 Å². The third-order valence-corrected chi connectivity index (χ3v) is 3.13. The van der Waals surface area contributed by atoms with Crippen LogP contribution < -0.4 is 15.8 Å². The third-order valence-electron chi connectivity index (χ3n) is 2.29. The van der Waals surface area contributed by atoms with E-state index in [1.54, 1.807) is 30.3 Å². The molecule has 0 saturated heterocycles. The topological polar surface area (TPSA) is 77.2 Å². The summed E-state index contributed by atoms with van der Waals surface area (Å²) in [5.74, 6) is 0.582. The summed E-state index contributed by atoms with van der Waals surface area (Å²) >= 11 is 9.08. The molecule has 0 bridgehead atoms. The number of pyridine rings is 1. The van der Waals surface area contributed by atoms with Crippen molar-refractivity contribution in [3.63, 3.8) is 0 Å². The van der Waals surface area contributed by atoms with E-state index in [2.05, 4.69) is 26.2 Å². The molecular formula is C13H11BrClN3O2. The van der Waals surface area contributed by atoms with E-state index < -0.39 is 0 Å². The summed E-state index contributed by atoms with van der Waals surface area (Å²) in [6.07, 6.45) is 1.46. The van der Waals surface area contributed by atoms with Crippen molar-refractivity contribution in [3.8, 4) is 5.75 Å². The van der Waals surface area contributed by atoms with E-state index in [9.17, 15) is 4.79 Å². The van der Waals surface area contributed by atoms with Gasteiger partial charge < -0.3 is 15.8 Å². The molecule has 0 atom stereocenters. The summed E-state index contributed by atoms with van der Waals surface area (Å²) in [5.41, 5.74) is 6.07. The Morgan fingerprint density at radius 3 is 2.95 bits per heavy atom. The predicted molar refractivity (Wildman–Crippen MR) is 81.9 cm³/mol. The Morgan fingerprint density at radius 2 is 2.25 bits per heavy atom. The minimum atomic E-state index is -0.331. The fourth-order valence-electron chi connectivity index (χ4n) is 1.42. The summed E-state index contributed by atoms with van der Waals surface area (Å²) in [6.45, 7) is -0.140. The molecule has 5 nitrogen and oxygen atoms in total. The van der Waals surface area contributed by atoms with E-state index >= 15 is 0 Å². The van der Waals surface area contributed by atoms with Gasteiger partial charge in [-0.2, -0.15) is 0 Å². The van der Waals surface area contributed by atoms with Gasteiger partial charge in [-0.3, -0.25) is 4.79 Å². The van der Waals surface area contributed by atoms with Crippen molar-refractivity contribution in [1.82, 2.24) is 4.98 Å². The first-order valence-corrected chi connectivity index (χ1v) is 6.81. The van der Waals surface area contributed by atoms with Crippen molar-refractivity contribution in [2.75, 3.05) is 17.7 Å². The van der Waals surface area contributed by atoms with Crippen LogP contribution in [0.5, 0.6) is 5.75 Å². The highest BCUT2D eigenvalue weighted by Gasteiger charge is 2.08. The van der Waals surface area contributed by atoms with Crippen LogP contribution in [-0.4, -0.2) is 17.5 Å². The van der Waals surface area contributed by atoms with Crippen molar-refractivity contribution >= 4 is 44.9 Å². The largest absolute Gasteiger partial charge is 0.484 e. The zero-order valence-electron chi connectivity index (χ0n) is 10.3. The Morgan fingerprint density at radius 1 is 1.45 bits per heavy atom. The lowest BCUT2D eigenvalue weighted by molar-refractivity contribution is -0.118. The molecular weight excluding hydrogens is 346 g/mol. The average molecular weight is 357 g/mol. The van der Waals surface area contributed by atoms with Crippen molar-refractivity contribution in [2.45, 2.75) is 0 Å². The number of benzene rings is 1. The average Bonchev–Trinajstić information content (AvgIpc) is 2.40. The number of nitrogen functional groups attached to an aromatic ring is 1. The van der Waals surface area contributed by atoms with E-state index in [1.807, 2.05) is 0 Å². The number of halogens is 2. The molecule has 20 heavy (non-hydrogen) atoms. The molecule has 0 unspecified atom stereocenters. The molecule has 1 aromatic heterocycles. The fourth-order valence-corrected chi connectivity index (χ4v) is 2.06. The number of anilines is 2. The van der Waals surface area contributed by atoms with Crippen LogP contribution in [0.4, 0.5) is 11.5 Å². The summed E-state index contributed by atoms with van der Waals surface area (Å²) in [6, 6.07) is 8.47. The number of carbonyl (C=O) groups excluding carboxylic acids is 1. The molecule has 0 aliphatic heterocycles. The number of hydrogen-bond donors (Lipinski definition) is 2. The maximum Gasteiger partial charge on any atom is 0.263 e. The Bertz CT molecular complexity index is 637. The van der Waals surface area contributed by atoms with Gasteiger partial charge in [0.25, 0.3) is 5.91 Å². The molecule has 2 aromatic rings. The summed E-state index contributed by atoms with van der Waals surface area (Å²) in [4.78, 5) is 15.8. The first-order chi connectivity index (χ1) is 9.54. The molecule has 0 radical (unpaired) electrons. The molecule has 0 spiro atoms. The van der Waals surface area contributed by atoms with Gasteiger partial charge >= 0.3 is 0 Å². The summed E-state index contributed by atoms with van der Waals surface area (Å²) in [5, 5.41) is 3.16. The van der Waals surface area contributed by atoms with Crippen LogP contribution in [0.2, 0.25) is 5.02 Å². The molecule has 0 aliphatic rings. The number of ether oxygens (including phenoxy) is 1. The molecule has 0 saturated carbocycles. The van der Waals surface area contributed by atoms with Gasteiger partial charge in [0.1, 0.15) is 11.6 Å². The zero-order chi connectivity index (χ0) is 14.5. The number of amides is 1. The predicted octanol–water partition coefficient (Wildman–Crippen LogP) is 3.10. The molecule has 0 aliphatic carbocycles. The number of aromatic nitrogens is 1. The lowest BCUT2D eigenvalue weighted by Crippen LogP contribution is -2.21. The highest BCUT2D eigenvalue weighted by atomic mass is 79.9. The zero-order valence-corrected chi connectivity index (χ0v) is 12.6. The van der Waals surface area contributed by atoms with Crippen LogP contribution in [0, 0.1) is 0 Å². The van der Waals surface area contributed by atoms with Crippen LogP contribution in [0.1, 0.15) is 0 Å². The Hall–Kier alpha value is -1.79. The third kappa shape index (κ3) is 4.11. The number of nitrogens with one attached hydrogen (secondary N) is 1. The SMILES string of the molecule is Nc1cnc(NC(=O)COc2cccc(Cl)c2)c(Br)c1. The highest BCUT2D eigenvalue weighted by Crippen LogP contribution is 2.22. The lowest BCUT2D eigenvalue weighted by Gasteiger charge is -2.08. The van der Waals surface area contributed by atoms with E-state index in [0.29, 0.717) is 26.8 Å². The second-order valence-corrected chi connectivity index (χ2v) is 5.18. The molecule has 0 fully saturated rings. The van der Waals surface area contributed by atoms with Gasteiger partial charge in [-0.05, 0) is 40.2 Å². The van der Waals surface area contributed by atoms with Crippen molar-refractivity contribution in [1.29, 1.82) is 0 Å². The number of nitrogens with zero attached hydrogens (tertiary/aromatic N) is 1. The lowest BCUT2D eigenvalue weighted by atomic mass is 10.3. The summed E-state index contributed by atoms with van der Waals surface area (Å²) in [7, 11) is 0. The molecule has 1 heterocycles. The molecule has 3 N–H and O–H groups in total. The minimum absolute atomic E-state index is 0.140. The summed E-state index contributed by atoms with van der Waals surface area (Å²) < 4.78 is 5.93. The first-order valence-electron chi connectivity index (χ1n) is 5.64. The van der Waals surface area contributed by atoms with E-state index in [1.165, 1.54) is 6.20 Å². The molecule has 1 amide bonds. The smallest absolute Gasteiger partial charge is 0.263 e. The Balaban J connectivity index is 1.92. The van der Waals surface area contributed by atoms with E-state index in [0.717, 1.165) is 0 Å². The van der Waals surface area contributed by atoms with Crippen LogP contribution in [0.25, 0.3) is 0 Å². The Labute approximate surface area is 129 Å². The number of hydrogen-bond acceptors (Lipinski definition) is 4. The van der Waals surface area contributed by atoms with Gasteiger partial charge in [0, 0.05) is 5.02 Å².